The minimum Gasteiger partial charge on any atom is -0.437 e. The van der Waals surface area contributed by atoms with Gasteiger partial charge in [-0.25, -0.2) is 9.97 Å². The predicted molar refractivity (Wildman–Crippen MR) is 62.7 cm³/mol. The van der Waals surface area contributed by atoms with Gasteiger partial charge in [0.15, 0.2) is 0 Å². The second-order valence-corrected chi connectivity index (χ2v) is 3.70. The van der Waals surface area contributed by atoms with Crippen molar-refractivity contribution in [1.82, 2.24) is 9.97 Å². The van der Waals surface area contributed by atoms with E-state index in [0.717, 1.165) is 5.69 Å². The minimum atomic E-state index is 0.455. The van der Waals surface area contributed by atoms with E-state index >= 15 is 0 Å². The average Bonchev–Trinajstić information content (AvgIpc) is 2.22. The first kappa shape index (κ1) is 10.7. The van der Waals surface area contributed by atoms with E-state index in [1.807, 2.05) is 6.92 Å². The van der Waals surface area contributed by atoms with Crippen LogP contribution in [0.3, 0.4) is 0 Å². The number of aryl methyl sites for hydroxylation is 1. The summed E-state index contributed by atoms with van der Waals surface area (Å²) in [6, 6.07) is 6.78. The topological polar surface area (TPSA) is 61.0 Å². The molecular formula is C11H10ClN3O. The second kappa shape index (κ2) is 4.37. The van der Waals surface area contributed by atoms with Gasteiger partial charge >= 0.3 is 0 Å². The van der Waals surface area contributed by atoms with Gasteiger partial charge in [-0.15, -0.1) is 0 Å². The first-order valence-electron chi connectivity index (χ1n) is 4.66. The molecule has 1 heterocycles. The smallest absolute Gasteiger partial charge is 0.222 e. The molecule has 1 aromatic carbocycles. The lowest BCUT2D eigenvalue weighted by molar-refractivity contribution is 0.461. The lowest BCUT2D eigenvalue weighted by Crippen LogP contribution is -1.92. The molecule has 0 unspecified atom stereocenters. The molecule has 1 aromatic heterocycles. The van der Waals surface area contributed by atoms with Gasteiger partial charge in [0.05, 0.1) is 5.02 Å². The van der Waals surface area contributed by atoms with E-state index < -0.39 is 0 Å². The Kier molecular flexibility index (Phi) is 2.92. The Balaban J connectivity index is 2.27. The van der Waals surface area contributed by atoms with Crippen molar-refractivity contribution in [3.05, 3.63) is 41.3 Å². The molecule has 2 N–H and O–H groups in total. The van der Waals surface area contributed by atoms with Crippen LogP contribution in [-0.2, 0) is 0 Å². The summed E-state index contributed by atoms with van der Waals surface area (Å²) < 4.78 is 5.51. The van der Waals surface area contributed by atoms with Gasteiger partial charge in [0.1, 0.15) is 12.1 Å². The molecule has 0 radical (unpaired) electrons. The molecule has 0 saturated heterocycles. The number of rotatable bonds is 2. The molecule has 5 heteroatoms. The van der Waals surface area contributed by atoms with Crippen LogP contribution in [0.4, 0.5) is 5.69 Å². The summed E-state index contributed by atoms with van der Waals surface area (Å²) in [5.74, 6) is 0.980. The second-order valence-electron chi connectivity index (χ2n) is 3.29. The maximum atomic E-state index is 5.97. The molecule has 0 spiro atoms. The normalized spacial score (nSPS) is 10.1. The summed E-state index contributed by atoms with van der Waals surface area (Å²) in [5, 5.41) is 0.455. The Morgan fingerprint density at radius 2 is 2.06 bits per heavy atom. The summed E-state index contributed by atoms with van der Waals surface area (Å²) in [6.07, 6.45) is 1.44. The summed E-state index contributed by atoms with van der Waals surface area (Å²) in [6.45, 7) is 1.86. The lowest BCUT2D eigenvalue weighted by atomic mass is 10.3. The van der Waals surface area contributed by atoms with Crippen molar-refractivity contribution in [1.29, 1.82) is 0 Å². The summed E-state index contributed by atoms with van der Waals surface area (Å²) >= 11 is 5.97. The van der Waals surface area contributed by atoms with E-state index in [0.29, 0.717) is 22.3 Å². The van der Waals surface area contributed by atoms with E-state index in [4.69, 9.17) is 22.1 Å². The molecule has 0 saturated carbocycles. The van der Waals surface area contributed by atoms with Crippen LogP contribution in [0, 0.1) is 6.92 Å². The molecule has 0 bridgehead atoms. The molecule has 0 atom stereocenters. The molecule has 0 fully saturated rings. The van der Waals surface area contributed by atoms with E-state index in [-0.39, 0.29) is 0 Å². The fourth-order valence-electron chi connectivity index (χ4n) is 1.20. The van der Waals surface area contributed by atoms with E-state index in [1.54, 1.807) is 24.3 Å². The van der Waals surface area contributed by atoms with Crippen LogP contribution >= 0.6 is 11.6 Å². The molecule has 4 nitrogen and oxygen atoms in total. The van der Waals surface area contributed by atoms with Gasteiger partial charge in [0.25, 0.3) is 0 Å². The number of hydrogen-bond acceptors (Lipinski definition) is 4. The van der Waals surface area contributed by atoms with E-state index in [9.17, 15) is 0 Å². The Labute approximate surface area is 98.0 Å². The van der Waals surface area contributed by atoms with Gasteiger partial charge in [0, 0.05) is 17.4 Å². The van der Waals surface area contributed by atoms with Crippen molar-refractivity contribution in [3.8, 4) is 11.6 Å². The fourth-order valence-corrected chi connectivity index (χ4v) is 1.43. The van der Waals surface area contributed by atoms with Gasteiger partial charge in [-0.2, -0.15) is 0 Å². The Morgan fingerprint density at radius 3 is 2.75 bits per heavy atom. The van der Waals surface area contributed by atoms with Crippen molar-refractivity contribution in [2.45, 2.75) is 6.92 Å². The van der Waals surface area contributed by atoms with Crippen LogP contribution in [0.1, 0.15) is 5.69 Å². The molecule has 2 aromatic rings. The number of hydrogen-bond donors (Lipinski definition) is 1. The largest absolute Gasteiger partial charge is 0.437 e. The first-order valence-corrected chi connectivity index (χ1v) is 5.04. The van der Waals surface area contributed by atoms with Gasteiger partial charge < -0.3 is 10.5 Å². The highest BCUT2D eigenvalue weighted by Gasteiger charge is 2.04. The fraction of sp³-hybridized carbons (Fsp3) is 0.0909. The highest BCUT2D eigenvalue weighted by molar-refractivity contribution is 6.32. The Morgan fingerprint density at radius 1 is 1.25 bits per heavy atom. The van der Waals surface area contributed by atoms with Crippen LogP contribution in [0.5, 0.6) is 11.6 Å². The number of halogens is 1. The third kappa shape index (κ3) is 2.41. The molecule has 0 aliphatic rings. The van der Waals surface area contributed by atoms with Crippen molar-refractivity contribution in [3.63, 3.8) is 0 Å². The van der Waals surface area contributed by atoms with Crippen LogP contribution in [0.15, 0.2) is 30.6 Å². The first-order chi connectivity index (χ1) is 7.65. The molecule has 0 aliphatic carbocycles. The van der Waals surface area contributed by atoms with Crippen molar-refractivity contribution >= 4 is 17.3 Å². The average molecular weight is 236 g/mol. The Bertz CT molecular complexity index is 516. The maximum absolute atomic E-state index is 5.97. The van der Waals surface area contributed by atoms with Gasteiger partial charge in [-0.3, -0.25) is 0 Å². The highest BCUT2D eigenvalue weighted by Crippen LogP contribution is 2.29. The summed E-state index contributed by atoms with van der Waals surface area (Å²) in [7, 11) is 0. The summed E-state index contributed by atoms with van der Waals surface area (Å²) in [4.78, 5) is 7.95. The van der Waals surface area contributed by atoms with Gasteiger partial charge in [0.2, 0.25) is 5.88 Å². The number of nitrogen functional groups attached to an aromatic ring is 1. The molecule has 16 heavy (non-hydrogen) atoms. The molecule has 2 rings (SSSR count). The standard InChI is InChI=1S/C11H10ClN3O/c1-7-4-11(15-6-14-7)16-10-3-2-8(13)5-9(10)12/h2-6H,13H2,1H3. The van der Waals surface area contributed by atoms with Crippen molar-refractivity contribution in [2.24, 2.45) is 0 Å². The number of ether oxygens (including phenoxy) is 1. The monoisotopic (exact) mass is 235 g/mol. The van der Waals surface area contributed by atoms with Gasteiger partial charge in [-0.1, -0.05) is 11.6 Å². The lowest BCUT2D eigenvalue weighted by Gasteiger charge is -2.06. The molecule has 0 aliphatic heterocycles. The third-order valence-electron chi connectivity index (χ3n) is 1.95. The number of anilines is 1. The number of aromatic nitrogens is 2. The SMILES string of the molecule is Cc1cc(Oc2ccc(N)cc2Cl)ncn1. The van der Waals surface area contributed by atoms with Crippen LogP contribution in [0.2, 0.25) is 5.02 Å². The van der Waals surface area contributed by atoms with Crippen LogP contribution < -0.4 is 10.5 Å². The molecular weight excluding hydrogens is 226 g/mol. The van der Waals surface area contributed by atoms with Crippen molar-refractivity contribution < 1.29 is 4.74 Å². The minimum absolute atomic E-state index is 0.455. The number of nitrogens with zero attached hydrogens (tertiary/aromatic N) is 2. The predicted octanol–water partition coefficient (Wildman–Crippen LogP) is 2.81. The molecule has 82 valence electrons. The zero-order valence-corrected chi connectivity index (χ0v) is 9.40. The quantitative estimate of drug-likeness (QED) is 0.813. The zero-order valence-electron chi connectivity index (χ0n) is 8.64. The Hall–Kier alpha value is -1.81. The zero-order chi connectivity index (χ0) is 11.5. The maximum Gasteiger partial charge on any atom is 0.222 e. The van der Waals surface area contributed by atoms with Gasteiger partial charge in [-0.05, 0) is 25.1 Å². The van der Waals surface area contributed by atoms with E-state index in [1.165, 1.54) is 6.33 Å². The van der Waals surface area contributed by atoms with E-state index in [2.05, 4.69) is 9.97 Å². The van der Waals surface area contributed by atoms with Crippen LogP contribution in [0.25, 0.3) is 0 Å². The van der Waals surface area contributed by atoms with Crippen molar-refractivity contribution in [2.75, 3.05) is 5.73 Å². The highest BCUT2D eigenvalue weighted by atomic mass is 35.5. The van der Waals surface area contributed by atoms with Crippen LogP contribution in [-0.4, -0.2) is 9.97 Å². The summed E-state index contributed by atoms with van der Waals surface area (Å²) in [5.41, 5.74) is 7.00. The molecule has 0 amide bonds. The number of nitrogens with two attached hydrogens (primary N) is 1. The number of benzene rings is 1. The third-order valence-corrected chi connectivity index (χ3v) is 2.24.